The van der Waals surface area contributed by atoms with E-state index in [0.29, 0.717) is 16.8 Å². The van der Waals surface area contributed by atoms with E-state index in [1.807, 2.05) is 0 Å². The highest BCUT2D eigenvalue weighted by Crippen LogP contribution is 2.21. The number of hydrogen-bond donors (Lipinski definition) is 2. The average molecular weight is 280 g/mol. The summed E-state index contributed by atoms with van der Waals surface area (Å²) in [7, 11) is 0. The van der Waals surface area contributed by atoms with Crippen LogP contribution in [-0.4, -0.2) is 32.0 Å². The van der Waals surface area contributed by atoms with Crippen molar-refractivity contribution in [2.24, 2.45) is 0 Å². The lowest BCUT2D eigenvalue weighted by Gasteiger charge is -2.01. The standard InChI is InChI=1S/C10H12N6O2S/c1-5-12-10(19-16-5)14-8(17)7-13-9(18-15-7)6-3-2-4-11-6/h6,11H,2-4H2,1H3,(H,12,14,16,17). The Morgan fingerprint density at radius 3 is 3.11 bits per heavy atom. The van der Waals surface area contributed by atoms with Crippen molar-refractivity contribution in [2.75, 3.05) is 11.9 Å². The minimum Gasteiger partial charge on any atom is -0.337 e. The lowest BCUT2D eigenvalue weighted by Crippen LogP contribution is -2.15. The van der Waals surface area contributed by atoms with E-state index < -0.39 is 5.91 Å². The normalized spacial score (nSPS) is 18.7. The molecule has 100 valence electrons. The molecule has 1 atom stereocenters. The molecule has 0 saturated carbocycles. The fourth-order valence-electron chi connectivity index (χ4n) is 1.87. The number of carbonyl (C=O) groups excluding carboxylic acids is 1. The van der Waals surface area contributed by atoms with Gasteiger partial charge in [-0.1, -0.05) is 5.16 Å². The third-order valence-corrected chi connectivity index (χ3v) is 3.47. The minimum atomic E-state index is -0.441. The molecule has 1 aliphatic heterocycles. The van der Waals surface area contributed by atoms with Crippen LogP contribution in [0, 0.1) is 6.92 Å². The zero-order valence-corrected chi connectivity index (χ0v) is 11.0. The smallest absolute Gasteiger partial charge is 0.298 e. The fourth-order valence-corrected chi connectivity index (χ4v) is 2.44. The van der Waals surface area contributed by atoms with Gasteiger partial charge in [0.2, 0.25) is 11.0 Å². The van der Waals surface area contributed by atoms with E-state index in [2.05, 4.69) is 30.1 Å². The van der Waals surface area contributed by atoms with Gasteiger partial charge in [0.15, 0.2) is 0 Å². The van der Waals surface area contributed by atoms with Gasteiger partial charge >= 0.3 is 0 Å². The fraction of sp³-hybridized carbons (Fsp3) is 0.500. The van der Waals surface area contributed by atoms with Gasteiger partial charge in [-0.2, -0.15) is 9.36 Å². The maximum atomic E-state index is 11.9. The Labute approximate surface area is 112 Å². The van der Waals surface area contributed by atoms with E-state index in [-0.39, 0.29) is 11.9 Å². The van der Waals surface area contributed by atoms with E-state index in [1.165, 1.54) is 0 Å². The van der Waals surface area contributed by atoms with Crippen LogP contribution in [0.3, 0.4) is 0 Å². The predicted octanol–water partition coefficient (Wildman–Crippen LogP) is 0.906. The van der Waals surface area contributed by atoms with Crippen molar-refractivity contribution in [1.29, 1.82) is 0 Å². The van der Waals surface area contributed by atoms with Gasteiger partial charge in [-0.15, -0.1) is 0 Å². The summed E-state index contributed by atoms with van der Waals surface area (Å²) in [6.07, 6.45) is 2.01. The second-order valence-electron chi connectivity index (χ2n) is 4.21. The molecule has 19 heavy (non-hydrogen) atoms. The van der Waals surface area contributed by atoms with Gasteiger partial charge in [0.1, 0.15) is 5.82 Å². The molecule has 1 aliphatic rings. The third kappa shape index (κ3) is 2.61. The number of carbonyl (C=O) groups is 1. The average Bonchev–Trinajstić information content (AvgIpc) is 3.08. The Kier molecular flexibility index (Phi) is 3.22. The van der Waals surface area contributed by atoms with Crippen LogP contribution in [0.1, 0.15) is 41.2 Å². The molecule has 2 aromatic heterocycles. The van der Waals surface area contributed by atoms with Gasteiger partial charge in [0, 0.05) is 11.5 Å². The number of nitrogens with one attached hydrogen (secondary N) is 2. The van der Waals surface area contributed by atoms with E-state index in [1.54, 1.807) is 6.92 Å². The van der Waals surface area contributed by atoms with Crippen LogP contribution in [0.25, 0.3) is 0 Å². The summed E-state index contributed by atoms with van der Waals surface area (Å²) in [5.74, 6) is 0.640. The maximum absolute atomic E-state index is 11.9. The molecule has 0 spiro atoms. The van der Waals surface area contributed by atoms with Gasteiger partial charge in [-0.05, 0) is 26.3 Å². The summed E-state index contributed by atoms with van der Waals surface area (Å²) in [4.78, 5) is 20.0. The topological polar surface area (TPSA) is 106 Å². The third-order valence-electron chi connectivity index (χ3n) is 2.75. The van der Waals surface area contributed by atoms with Crippen LogP contribution in [0.5, 0.6) is 0 Å². The SMILES string of the molecule is Cc1nsc(NC(=O)c2noc(C3CCCN3)n2)n1. The van der Waals surface area contributed by atoms with Crippen molar-refractivity contribution in [2.45, 2.75) is 25.8 Å². The van der Waals surface area contributed by atoms with E-state index in [4.69, 9.17) is 4.52 Å². The summed E-state index contributed by atoms with van der Waals surface area (Å²) in [6, 6.07) is 0.0535. The summed E-state index contributed by atoms with van der Waals surface area (Å²) in [5, 5.41) is 9.92. The molecule has 0 aliphatic carbocycles. The van der Waals surface area contributed by atoms with E-state index in [0.717, 1.165) is 30.9 Å². The van der Waals surface area contributed by atoms with Crippen molar-refractivity contribution < 1.29 is 9.32 Å². The van der Waals surface area contributed by atoms with Crippen molar-refractivity contribution in [3.8, 4) is 0 Å². The highest BCUT2D eigenvalue weighted by atomic mass is 32.1. The Bertz CT molecular complexity index is 588. The summed E-state index contributed by atoms with van der Waals surface area (Å²) >= 11 is 1.11. The first-order chi connectivity index (χ1) is 9.22. The van der Waals surface area contributed by atoms with E-state index >= 15 is 0 Å². The lowest BCUT2D eigenvalue weighted by molar-refractivity contribution is 0.101. The predicted molar refractivity (Wildman–Crippen MR) is 66.9 cm³/mol. The Hall–Kier alpha value is -1.87. The van der Waals surface area contributed by atoms with Gasteiger partial charge < -0.3 is 9.84 Å². The molecular formula is C10H12N6O2S. The van der Waals surface area contributed by atoms with Crippen LogP contribution < -0.4 is 10.6 Å². The largest absolute Gasteiger partial charge is 0.337 e. The van der Waals surface area contributed by atoms with Crippen molar-refractivity contribution in [1.82, 2.24) is 24.8 Å². The zero-order chi connectivity index (χ0) is 13.2. The first kappa shape index (κ1) is 12.2. The highest BCUT2D eigenvalue weighted by molar-refractivity contribution is 7.09. The van der Waals surface area contributed by atoms with Gasteiger partial charge in [0.05, 0.1) is 6.04 Å². The van der Waals surface area contributed by atoms with Gasteiger partial charge in [0.25, 0.3) is 11.7 Å². The molecule has 1 fully saturated rings. The summed E-state index contributed by atoms with van der Waals surface area (Å²) in [5.41, 5.74) is 0. The molecule has 8 nitrogen and oxygen atoms in total. The second kappa shape index (κ2) is 5.02. The summed E-state index contributed by atoms with van der Waals surface area (Å²) in [6.45, 7) is 2.68. The highest BCUT2D eigenvalue weighted by Gasteiger charge is 2.24. The number of nitrogens with zero attached hydrogens (tertiary/aromatic N) is 4. The molecule has 3 rings (SSSR count). The summed E-state index contributed by atoms with van der Waals surface area (Å²) < 4.78 is 9.07. The van der Waals surface area contributed by atoms with Gasteiger partial charge in [-0.3, -0.25) is 10.1 Å². The first-order valence-electron chi connectivity index (χ1n) is 5.91. The number of aromatic nitrogens is 4. The van der Waals surface area contributed by atoms with Gasteiger partial charge in [-0.25, -0.2) is 4.98 Å². The molecule has 1 unspecified atom stereocenters. The molecule has 1 amide bonds. The first-order valence-corrected chi connectivity index (χ1v) is 6.68. The van der Waals surface area contributed by atoms with Crippen LogP contribution >= 0.6 is 11.5 Å². The molecule has 0 aromatic carbocycles. The molecule has 0 radical (unpaired) electrons. The number of amides is 1. The van der Waals surface area contributed by atoms with Crippen molar-refractivity contribution in [3.63, 3.8) is 0 Å². The Balaban J connectivity index is 1.69. The molecule has 2 aromatic rings. The van der Waals surface area contributed by atoms with Crippen molar-refractivity contribution >= 4 is 22.6 Å². The molecular weight excluding hydrogens is 268 g/mol. The molecule has 2 N–H and O–H groups in total. The lowest BCUT2D eigenvalue weighted by atomic mass is 10.2. The Morgan fingerprint density at radius 2 is 2.42 bits per heavy atom. The van der Waals surface area contributed by atoms with Crippen LogP contribution in [0.4, 0.5) is 5.13 Å². The molecule has 9 heteroatoms. The molecule has 3 heterocycles. The minimum absolute atomic E-state index is 0.0107. The Morgan fingerprint density at radius 1 is 1.53 bits per heavy atom. The van der Waals surface area contributed by atoms with Crippen LogP contribution in [0.15, 0.2) is 4.52 Å². The molecule has 0 bridgehead atoms. The zero-order valence-electron chi connectivity index (χ0n) is 10.2. The maximum Gasteiger partial charge on any atom is 0.298 e. The number of anilines is 1. The van der Waals surface area contributed by atoms with Crippen molar-refractivity contribution in [3.05, 3.63) is 17.5 Å². The number of aryl methyl sites for hydroxylation is 1. The quantitative estimate of drug-likeness (QED) is 0.860. The molecule has 1 saturated heterocycles. The van der Waals surface area contributed by atoms with Crippen LogP contribution in [0.2, 0.25) is 0 Å². The number of hydrogen-bond acceptors (Lipinski definition) is 8. The second-order valence-corrected chi connectivity index (χ2v) is 4.96. The van der Waals surface area contributed by atoms with E-state index in [9.17, 15) is 4.79 Å². The van der Waals surface area contributed by atoms with Crippen LogP contribution in [-0.2, 0) is 0 Å². The number of rotatable bonds is 3. The monoisotopic (exact) mass is 280 g/mol.